The van der Waals surface area contributed by atoms with Gasteiger partial charge in [-0.1, -0.05) is 32.4 Å². The van der Waals surface area contributed by atoms with Gasteiger partial charge in [-0.3, -0.25) is 0 Å². The molecule has 4 atom stereocenters. The summed E-state index contributed by atoms with van der Waals surface area (Å²) in [6.45, 7) is 7.16. The van der Waals surface area contributed by atoms with Crippen molar-refractivity contribution in [3.8, 4) is 0 Å². The molecule has 0 aromatic rings. The molecule has 0 nitrogen and oxygen atoms in total. The summed E-state index contributed by atoms with van der Waals surface area (Å²) < 4.78 is 0. The number of allylic oxidation sites excluding steroid dienone is 2. The Labute approximate surface area is 62.3 Å². The van der Waals surface area contributed by atoms with E-state index in [1.165, 1.54) is 0 Å². The van der Waals surface area contributed by atoms with Gasteiger partial charge < -0.3 is 0 Å². The van der Waals surface area contributed by atoms with E-state index in [9.17, 15) is 0 Å². The zero-order chi connectivity index (χ0) is 7.09. The molecule has 0 aromatic carbocycles. The van der Waals surface area contributed by atoms with Gasteiger partial charge in [0.05, 0.1) is 0 Å². The van der Waals surface area contributed by atoms with Crippen LogP contribution in [0.3, 0.4) is 0 Å². The zero-order valence-corrected chi connectivity index (χ0v) is 6.89. The van der Waals surface area contributed by atoms with Gasteiger partial charge in [0.2, 0.25) is 0 Å². The minimum absolute atomic E-state index is 0.758. The van der Waals surface area contributed by atoms with Crippen molar-refractivity contribution in [3.05, 3.63) is 11.6 Å². The van der Waals surface area contributed by atoms with Gasteiger partial charge in [0, 0.05) is 5.41 Å². The van der Waals surface area contributed by atoms with Crippen LogP contribution in [0, 0.1) is 29.1 Å². The summed E-state index contributed by atoms with van der Waals surface area (Å²) in [6.07, 6.45) is 2.50. The minimum Gasteiger partial charge on any atom is -0.0729 e. The van der Waals surface area contributed by atoms with Crippen molar-refractivity contribution >= 4 is 0 Å². The van der Waals surface area contributed by atoms with Crippen molar-refractivity contribution in [2.75, 3.05) is 0 Å². The van der Waals surface area contributed by atoms with Crippen LogP contribution in [0.5, 0.6) is 0 Å². The van der Waals surface area contributed by atoms with Crippen LogP contribution in [0.25, 0.3) is 0 Å². The van der Waals surface area contributed by atoms with Gasteiger partial charge in [0.25, 0.3) is 0 Å². The maximum absolute atomic E-state index is 2.50. The molecular formula is C10H14. The summed E-state index contributed by atoms with van der Waals surface area (Å²) >= 11 is 0. The van der Waals surface area contributed by atoms with E-state index in [4.69, 9.17) is 0 Å². The van der Waals surface area contributed by atoms with E-state index in [1.807, 2.05) is 5.57 Å². The van der Waals surface area contributed by atoms with E-state index in [0.29, 0.717) is 0 Å². The Balaban J connectivity index is 1.89. The van der Waals surface area contributed by atoms with Gasteiger partial charge in [0.1, 0.15) is 0 Å². The summed E-state index contributed by atoms with van der Waals surface area (Å²) in [5.41, 5.74) is 2.58. The highest BCUT2D eigenvalue weighted by Crippen LogP contribution is 2.89. The third-order valence-corrected chi connectivity index (χ3v) is 3.94. The van der Waals surface area contributed by atoms with Crippen LogP contribution in [0.2, 0.25) is 0 Å². The standard InChI is InChI=1S/C10H14/c1-5(2)8-6(3)9-7-4-10(7,8)9/h4-6,8-9H,1-3H3. The molecule has 0 aliphatic heterocycles. The molecule has 1 spiro atoms. The molecular weight excluding hydrogens is 120 g/mol. The smallest absolute Gasteiger partial charge is 0.0199 e. The predicted octanol–water partition coefficient (Wildman–Crippen LogP) is 2.46. The van der Waals surface area contributed by atoms with Gasteiger partial charge >= 0.3 is 0 Å². The van der Waals surface area contributed by atoms with Crippen LogP contribution in [0.4, 0.5) is 0 Å². The third kappa shape index (κ3) is 0.291. The van der Waals surface area contributed by atoms with Gasteiger partial charge in [-0.2, -0.15) is 0 Å². The Morgan fingerprint density at radius 2 is 2.20 bits per heavy atom. The zero-order valence-electron chi connectivity index (χ0n) is 6.89. The summed E-state index contributed by atoms with van der Waals surface area (Å²) in [4.78, 5) is 0. The van der Waals surface area contributed by atoms with Crippen LogP contribution in [-0.2, 0) is 0 Å². The van der Waals surface area contributed by atoms with Gasteiger partial charge in [-0.05, 0) is 23.7 Å². The Kier molecular flexibility index (Phi) is 0.598. The van der Waals surface area contributed by atoms with Crippen LogP contribution >= 0.6 is 0 Å². The molecule has 0 amide bonds. The van der Waals surface area contributed by atoms with Crippen molar-refractivity contribution in [2.24, 2.45) is 29.1 Å². The van der Waals surface area contributed by atoms with Crippen LogP contribution < -0.4 is 0 Å². The lowest BCUT2D eigenvalue weighted by molar-refractivity contribution is 0.0700. The Morgan fingerprint density at radius 3 is 2.40 bits per heavy atom. The summed E-state index contributed by atoms with van der Waals surface area (Å²) in [5, 5.41) is 0. The average molecular weight is 134 g/mol. The maximum Gasteiger partial charge on any atom is 0.0199 e. The normalized spacial score (nSPS) is 60.4. The lowest BCUT2D eigenvalue weighted by Crippen LogP contribution is -2.38. The second-order valence-corrected chi connectivity index (χ2v) is 4.64. The predicted molar refractivity (Wildman–Crippen MR) is 41.5 cm³/mol. The number of hydrogen-bond acceptors (Lipinski definition) is 0. The highest BCUT2D eigenvalue weighted by Gasteiger charge is 2.83. The highest BCUT2D eigenvalue weighted by atomic mass is 14.9. The van der Waals surface area contributed by atoms with Crippen molar-refractivity contribution in [3.63, 3.8) is 0 Å². The monoisotopic (exact) mass is 134 g/mol. The first kappa shape index (κ1) is 5.40. The van der Waals surface area contributed by atoms with E-state index < -0.39 is 0 Å². The third-order valence-electron chi connectivity index (χ3n) is 3.94. The van der Waals surface area contributed by atoms with Crippen LogP contribution in [0.15, 0.2) is 11.6 Å². The van der Waals surface area contributed by atoms with Gasteiger partial charge in [0.15, 0.2) is 0 Å². The average Bonchev–Trinajstić information content (AvgIpc) is 2.51. The van der Waals surface area contributed by atoms with Crippen molar-refractivity contribution in [2.45, 2.75) is 20.8 Å². The summed E-state index contributed by atoms with van der Waals surface area (Å²) in [6, 6.07) is 0. The fourth-order valence-electron chi connectivity index (χ4n) is 3.61. The molecule has 0 radical (unpaired) electrons. The highest BCUT2D eigenvalue weighted by molar-refractivity contribution is 5.67. The molecule has 3 aliphatic rings. The summed E-state index contributed by atoms with van der Waals surface area (Å²) in [7, 11) is 0. The molecule has 2 saturated carbocycles. The van der Waals surface area contributed by atoms with E-state index in [0.717, 1.165) is 29.1 Å². The largest absolute Gasteiger partial charge is 0.0729 e. The quantitative estimate of drug-likeness (QED) is 0.483. The maximum atomic E-state index is 2.50. The molecule has 0 heteroatoms. The molecule has 0 aromatic heterocycles. The van der Waals surface area contributed by atoms with E-state index in [1.54, 1.807) is 0 Å². The second kappa shape index (κ2) is 1.11. The summed E-state index contributed by atoms with van der Waals surface area (Å²) in [5.74, 6) is 4.01. The van der Waals surface area contributed by atoms with Crippen molar-refractivity contribution in [1.29, 1.82) is 0 Å². The van der Waals surface area contributed by atoms with Crippen LogP contribution in [-0.4, -0.2) is 0 Å². The number of rotatable bonds is 1. The molecule has 0 saturated heterocycles. The molecule has 54 valence electrons. The lowest BCUT2D eigenvalue weighted by atomic mass is 9.62. The lowest BCUT2D eigenvalue weighted by Gasteiger charge is -2.42. The fraction of sp³-hybridized carbons (Fsp3) is 0.800. The van der Waals surface area contributed by atoms with Gasteiger partial charge in [-0.25, -0.2) is 0 Å². The Morgan fingerprint density at radius 1 is 1.50 bits per heavy atom. The molecule has 3 rings (SSSR count). The van der Waals surface area contributed by atoms with E-state index in [-0.39, 0.29) is 0 Å². The van der Waals surface area contributed by atoms with Gasteiger partial charge in [-0.15, -0.1) is 0 Å². The first-order valence-corrected chi connectivity index (χ1v) is 4.43. The minimum atomic E-state index is 0.758. The molecule has 0 bridgehead atoms. The Hall–Kier alpha value is -0.260. The first-order chi connectivity index (χ1) is 4.69. The molecule has 10 heavy (non-hydrogen) atoms. The fourth-order valence-corrected chi connectivity index (χ4v) is 3.61. The first-order valence-electron chi connectivity index (χ1n) is 4.43. The molecule has 0 heterocycles. The SMILES string of the molecule is CC(C)C1C(C)C2C3=CC321. The molecule has 4 unspecified atom stereocenters. The van der Waals surface area contributed by atoms with Crippen LogP contribution in [0.1, 0.15) is 20.8 Å². The molecule has 0 N–H and O–H groups in total. The van der Waals surface area contributed by atoms with E-state index >= 15 is 0 Å². The van der Waals surface area contributed by atoms with Crippen molar-refractivity contribution in [1.82, 2.24) is 0 Å². The molecule has 3 aliphatic carbocycles. The number of hydrogen-bond donors (Lipinski definition) is 0. The van der Waals surface area contributed by atoms with Crippen molar-refractivity contribution < 1.29 is 0 Å². The molecule has 2 fully saturated rings. The Bertz CT molecular complexity index is 236. The second-order valence-electron chi connectivity index (χ2n) is 4.64. The number of fused-ring (bicyclic) bond motifs is 1. The van der Waals surface area contributed by atoms with E-state index in [2.05, 4.69) is 26.8 Å². The topological polar surface area (TPSA) is 0 Å².